The number of alkyl halides is 3. The Morgan fingerprint density at radius 1 is 1.00 bits per heavy atom. The van der Waals surface area contributed by atoms with Gasteiger partial charge in [0.2, 0.25) is 0 Å². The Balaban J connectivity index is 2.06. The van der Waals surface area contributed by atoms with E-state index in [1.807, 2.05) is 0 Å². The minimum atomic E-state index is -4.39. The molecule has 1 heterocycles. The third-order valence-electron chi connectivity index (χ3n) is 3.43. The number of aromatic nitrogens is 1. The van der Waals surface area contributed by atoms with Crippen molar-refractivity contribution < 1.29 is 18.1 Å². The predicted molar refractivity (Wildman–Crippen MR) is 78.8 cm³/mol. The van der Waals surface area contributed by atoms with E-state index < -0.39 is 16.7 Å². The zero-order chi connectivity index (χ0) is 16.6. The van der Waals surface area contributed by atoms with Gasteiger partial charge < -0.3 is 0 Å². The molecule has 0 bridgehead atoms. The maximum atomic E-state index is 12.6. The van der Waals surface area contributed by atoms with Gasteiger partial charge in [-0.05, 0) is 23.8 Å². The van der Waals surface area contributed by atoms with Gasteiger partial charge in [0, 0.05) is 23.2 Å². The van der Waals surface area contributed by atoms with E-state index in [1.165, 1.54) is 24.4 Å². The topological polar surface area (TPSA) is 56.0 Å². The maximum Gasteiger partial charge on any atom is 0.416 e. The van der Waals surface area contributed by atoms with Gasteiger partial charge in [0.15, 0.2) is 0 Å². The Morgan fingerprint density at radius 2 is 1.70 bits per heavy atom. The van der Waals surface area contributed by atoms with Gasteiger partial charge in [-0.3, -0.25) is 10.1 Å². The van der Waals surface area contributed by atoms with Crippen LogP contribution in [-0.4, -0.2) is 9.91 Å². The number of para-hydroxylation sites is 1. The van der Waals surface area contributed by atoms with E-state index >= 15 is 0 Å². The van der Waals surface area contributed by atoms with Crippen LogP contribution in [0.25, 0.3) is 22.0 Å². The Kier molecular flexibility index (Phi) is 3.48. The third kappa shape index (κ3) is 2.85. The lowest BCUT2D eigenvalue weighted by Gasteiger charge is -2.08. The smallest absolute Gasteiger partial charge is 0.258 e. The molecular weight excluding hydrogens is 309 g/mol. The van der Waals surface area contributed by atoms with Gasteiger partial charge >= 0.3 is 6.18 Å². The Morgan fingerprint density at radius 3 is 2.30 bits per heavy atom. The summed E-state index contributed by atoms with van der Waals surface area (Å²) in [5.74, 6) is 0. The second kappa shape index (κ2) is 5.35. The molecule has 4 nitrogen and oxygen atoms in total. The number of nitro groups is 1. The molecule has 7 heteroatoms. The van der Waals surface area contributed by atoms with Crippen LogP contribution in [0.1, 0.15) is 5.56 Å². The molecule has 116 valence electrons. The molecule has 2 aromatic carbocycles. The molecule has 0 aliphatic rings. The SMILES string of the molecule is O=[N+]([O-])c1cccc2cc(-c3ccc(C(F)(F)F)cc3)cnc12. The second-order valence-electron chi connectivity index (χ2n) is 4.91. The van der Waals surface area contributed by atoms with Crippen molar-refractivity contribution in [3.8, 4) is 11.1 Å². The zero-order valence-electron chi connectivity index (χ0n) is 11.5. The van der Waals surface area contributed by atoms with Crippen molar-refractivity contribution in [1.82, 2.24) is 4.98 Å². The van der Waals surface area contributed by atoms with Crippen LogP contribution in [-0.2, 0) is 6.18 Å². The quantitative estimate of drug-likeness (QED) is 0.502. The van der Waals surface area contributed by atoms with Crippen molar-refractivity contribution in [3.63, 3.8) is 0 Å². The number of rotatable bonds is 2. The lowest BCUT2D eigenvalue weighted by Crippen LogP contribution is -2.04. The molecule has 3 rings (SSSR count). The lowest BCUT2D eigenvalue weighted by molar-refractivity contribution is -0.383. The molecule has 0 atom stereocenters. The second-order valence-corrected chi connectivity index (χ2v) is 4.91. The van der Waals surface area contributed by atoms with Crippen molar-refractivity contribution in [2.75, 3.05) is 0 Å². The van der Waals surface area contributed by atoms with E-state index in [0.717, 1.165) is 12.1 Å². The number of hydrogen-bond acceptors (Lipinski definition) is 3. The first-order chi connectivity index (χ1) is 10.9. The summed E-state index contributed by atoms with van der Waals surface area (Å²) in [6.07, 6.45) is -2.97. The highest BCUT2D eigenvalue weighted by Crippen LogP contribution is 2.32. The van der Waals surface area contributed by atoms with Gasteiger partial charge in [-0.2, -0.15) is 13.2 Å². The maximum absolute atomic E-state index is 12.6. The zero-order valence-corrected chi connectivity index (χ0v) is 11.5. The van der Waals surface area contributed by atoms with E-state index in [1.54, 1.807) is 18.2 Å². The van der Waals surface area contributed by atoms with Crippen molar-refractivity contribution in [2.24, 2.45) is 0 Å². The minimum Gasteiger partial charge on any atom is -0.258 e. The first-order valence-corrected chi connectivity index (χ1v) is 6.57. The summed E-state index contributed by atoms with van der Waals surface area (Å²) in [5.41, 5.74) is 0.547. The minimum absolute atomic E-state index is 0.110. The molecule has 0 spiro atoms. The van der Waals surface area contributed by atoms with E-state index in [4.69, 9.17) is 0 Å². The van der Waals surface area contributed by atoms with Gasteiger partial charge in [-0.1, -0.05) is 24.3 Å². The highest BCUT2D eigenvalue weighted by atomic mass is 19.4. The largest absolute Gasteiger partial charge is 0.416 e. The van der Waals surface area contributed by atoms with Crippen LogP contribution in [0.5, 0.6) is 0 Å². The summed E-state index contributed by atoms with van der Waals surface area (Å²) in [4.78, 5) is 14.5. The molecule has 0 N–H and O–H groups in total. The summed E-state index contributed by atoms with van der Waals surface area (Å²) in [7, 11) is 0. The van der Waals surface area contributed by atoms with Crippen LogP contribution in [0, 0.1) is 10.1 Å². The Hall–Kier alpha value is -2.96. The van der Waals surface area contributed by atoms with E-state index in [0.29, 0.717) is 16.5 Å². The number of nitro benzene ring substituents is 1. The monoisotopic (exact) mass is 318 g/mol. The van der Waals surface area contributed by atoms with Gasteiger partial charge in [-0.15, -0.1) is 0 Å². The summed E-state index contributed by atoms with van der Waals surface area (Å²) in [6.45, 7) is 0. The summed E-state index contributed by atoms with van der Waals surface area (Å²) in [6, 6.07) is 10.9. The molecule has 0 unspecified atom stereocenters. The predicted octanol–water partition coefficient (Wildman–Crippen LogP) is 4.83. The number of nitrogens with zero attached hydrogens (tertiary/aromatic N) is 2. The number of non-ortho nitro benzene ring substituents is 1. The number of halogens is 3. The number of hydrogen-bond donors (Lipinski definition) is 0. The molecule has 0 aliphatic carbocycles. The Bertz CT molecular complexity index is 890. The standard InChI is InChI=1S/C16H9F3N2O2/c17-16(18,19)13-6-4-10(5-7-13)12-8-11-2-1-3-14(21(22)23)15(11)20-9-12/h1-9H. The van der Waals surface area contributed by atoms with Crippen LogP contribution in [0.3, 0.4) is 0 Å². The highest BCUT2D eigenvalue weighted by Gasteiger charge is 2.30. The number of fused-ring (bicyclic) bond motifs is 1. The number of pyridine rings is 1. The van der Waals surface area contributed by atoms with Crippen molar-refractivity contribution in [1.29, 1.82) is 0 Å². The first kappa shape index (κ1) is 15.0. The molecule has 23 heavy (non-hydrogen) atoms. The van der Waals surface area contributed by atoms with Gasteiger partial charge in [0.1, 0.15) is 5.52 Å². The summed E-state index contributed by atoms with van der Waals surface area (Å²) in [5, 5.41) is 11.5. The lowest BCUT2D eigenvalue weighted by atomic mass is 10.0. The molecule has 0 saturated heterocycles. The molecule has 0 fully saturated rings. The highest BCUT2D eigenvalue weighted by molar-refractivity contribution is 5.89. The van der Waals surface area contributed by atoms with Crippen LogP contribution < -0.4 is 0 Å². The van der Waals surface area contributed by atoms with Crippen molar-refractivity contribution >= 4 is 16.6 Å². The summed E-state index contributed by atoms with van der Waals surface area (Å²) >= 11 is 0. The van der Waals surface area contributed by atoms with E-state index in [-0.39, 0.29) is 11.2 Å². The van der Waals surface area contributed by atoms with Gasteiger partial charge in [0.25, 0.3) is 5.69 Å². The van der Waals surface area contributed by atoms with E-state index in [2.05, 4.69) is 4.98 Å². The average Bonchev–Trinajstić information content (AvgIpc) is 2.53. The fourth-order valence-electron chi connectivity index (χ4n) is 2.30. The fourth-order valence-corrected chi connectivity index (χ4v) is 2.30. The van der Waals surface area contributed by atoms with Crippen molar-refractivity contribution in [2.45, 2.75) is 6.18 Å². The van der Waals surface area contributed by atoms with E-state index in [9.17, 15) is 23.3 Å². The Labute approximate surface area is 128 Å². The van der Waals surface area contributed by atoms with Crippen LogP contribution in [0.2, 0.25) is 0 Å². The molecule has 3 aromatic rings. The van der Waals surface area contributed by atoms with Crippen LogP contribution >= 0.6 is 0 Å². The molecule has 0 radical (unpaired) electrons. The summed E-state index contributed by atoms with van der Waals surface area (Å²) < 4.78 is 37.7. The van der Waals surface area contributed by atoms with Gasteiger partial charge in [-0.25, -0.2) is 4.98 Å². The van der Waals surface area contributed by atoms with Crippen LogP contribution in [0.4, 0.5) is 18.9 Å². The number of benzene rings is 2. The molecular formula is C16H9F3N2O2. The average molecular weight is 318 g/mol. The third-order valence-corrected chi connectivity index (χ3v) is 3.43. The first-order valence-electron chi connectivity index (χ1n) is 6.57. The molecule has 0 aliphatic heterocycles. The normalized spacial score (nSPS) is 11.6. The molecule has 0 amide bonds. The van der Waals surface area contributed by atoms with Gasteiger partial charge in [0.05, 0.1) is 10.5 Å². The molecule has 0 saturated carbocycles. The fraction of sp³-hybridized carbons (Fsp3) is 0.0625. The van der Waals surface area contributed by atoms with Crippen LogP contribution in [0.15, 0.2) is 54.7 Å². The molecule has 1 aromatic heterocycles. The van der Waals surface area contributed by atoms with Crippen molar-refractivity contribution in [3.05, 3.63) is 70.4 Å².